The van der Waals surface area contributed by atoms with Crippen molar-refractivity contribution in [3.63, 3.8) is 0 Å². The molecule has 0 aromatic rings. The van der Waals surface area contributed by atoms with Gasteiger partial charge in [-0.15, -0.1) is 0 Å². The summed E-state index contributed by atoms with van der Waals surface area (Å²) in [5.41, 5.74) is 0. The smallest absolute Gasteiger partial charge is 0.267 e. The summed E-state index contributed by atoms with van der Waals surface area (Å²) in [5.74, 6) is -0.413. The van der Waals surface area contributed by atoms with Gasteiger partial charge in [-0.1, -0.05) is 0 Å². The first kappa shape index (κ1) is 13.8. The zero-order valence-electron chi connectivity index (χ0n) is 7.79. The lowest BCUT2D eigenvalue weighted by Crippen LogP contribution is -2.17. The second-order valence-corrected chi connectivity index (χ2v) is 4.54. The average Bonchev–Trinajstić information content (AvgIpc) is 2.10. The molecule has 0 rings (SSSR count). The number of hydrogen-bond acceptors (Lipinski definition) is 6. The van der Waals surface area contributed by atoms with Crippen molar-refractivity contribution in [3.05, 3.63) is 0 Å². The lowest BCUT2D eigenvalue weighted by Gasteiger charge is -2.05. The molecule has 0 radical (unpaired) electrons. The van der Waals surface area contributed by atoms with Crippen LogP contribution in [0.25, 0.3) is 0 Å². The largest absolute Gasteiger partial charge is 0.396 e. The van der Waals surface area contributed by atoms with Crippen LogP contribution in [0.2, 0.25) is 0 Å². The molecular weight excluding hydrogens is 212 g/mol. The fraction of sp³-hybridized carbons (Fsp3) is 1.00. The Morgan fingerprint density at radius 1 is 1.21 bits per heavy atom. The second-order valence-electron chi connectivity index (χ2n) is 2.78. The molecule has 0 amide bonds. The Balaban J connectivity index is 3.62. The van der Waals surface area contributed by atoms with E-state index in [9.17, 15) is 8.42 Å². The van der Waals surface area contributed by atoms with Crippen molar-refractivity contribution in [1.82, 2.24) is 0 Å². The van der Waals surface area contributed by atoms with Gasteiger partial charge in [-0.25, -0.2) is 0 Å². The Labute approximate surface area is 83.3 Å². The molecule has 0 heterocycles. The monoisotopic (exact) mass is 228 g/mol. The number of rotatable bonds is 8. The molecule has 0 fully saturated rings. The number of aliphatic hydroxyl groups is 3. The Morgan fingerprint density at radius 3 is 2.36 bits per heavy atom. The summed E-state index contributed by atoms with van der Waals surface area (Å²) >= 11 is 0. The molecular formula is C7H16O6S. The molecule has 6 nitrogen and oxygen atoms in total. The molecule has 0 atom stereocenters. The van der Waals surface area contributed by atoms with E-state index < -0.39 is 22.2 Å². The second kappa shape index (κ2) is 7.13. The van der Waals surface area contributed by atoms with Crippen molar-refractivity contribution >= 4 is 10.1 Å². The van der Waals surface area contributed by atoms with E-state index in [1.54, 1.807) is 0 Å². The van der Waals surface area contributed by atoms with Gasteiger partial charge in [-0.2, -0.15) is 8.42 Å². The van der Waals surface area contributed by atoms with Gasteiger partial charge in [-0.05, 0) is 12.8 Å². The van der Waals surface area contributed by atoms with E-state index >= 15 is 0 Å². The third-order valence-corrected chi connectivity index (χ3v) is 2.70. The maximum Gasteiger partial charge on any atom is 0.267 e. The van der Waals surface area contributed by atoms with Gasteiger partial charge in [0, 0.05) is 13.0 Å². The van der Waals surface area contributed by atoms with Crippen LogP contribution < -0.4 is 0 Å². The summed E-state index contributed by atoms with van der Waals surface area (Å²) in [6.45, 7) is 0.0170. The van der Waals surface area contributed by atoms with Crippen LogP contribution in [0.1, 0.15) is 19.3 Å². The fourth-order valence-electron chi connectivity index (χ4n) is 0.708. The van der Waals surface area contributed by atoms with E-state index in [1.165, 1.54) is 0 Å². The van der Waals surface area contributed by atoms with Gasteiger partial charge in [0.25, 0.3) is 10.1 Å². The van der Waals surface area contributed by atoms with Gasteiger partial charge in [0.2, 0.25) is 0 Å². The molecule has 0 saturated carbocycles. The number of aliphatic hydroxyl groups excluding tert-OH is 2. The number of hydrogen-bond donors (Lipinski definition) is 3. The summed E-state index contributed by atoms with van der Waals surface area (Å²) in [5, 5.41) is 25.3. The average molecular weight is 228 g/mol. The van der Waals surface area contributed by atoms with Gasteiger partial charge in [0.15, 0.2) is 6.29 Å². The molecule has 86 valence electrons. The molecule has 0 aromatic carbocycles. The first-order valence-corrected chi connectivity index (χ1v) is 5.90. The molecule has 0 aliphatic heterocycles. The first-order valence-electron chi connectivity index (χ1n) is 4.32. The lowest BCUT2D eigenvalue weighted by atomic mass is 10.3. The molecule has 3 N–H and O–H groups in total. The molecule has 0 aromatic heterocycles. The maximum atomic E-state index is 11.0. The molecule has 0 aliphatic carbocycles. The molecule has 14 heavy (non-hydrogen) atoms. The van der Waals surface area contributed by atoms with Crippen LogP contribution in [0.5, 0.6) is 0 Å². The van der Waals surface area contributed by atoms with Crippen molar-refractivity contribution in [2.75, 3.05) is 19.0 Å². The van der Waals surface area contributed by atoms with Crippen molar-refractivity contribution in [3.8, 4) is 0 Å². The maximum absolute atomic E-state index is 11.0. The third kappa shape index (κ3) is 8.39. The Bertz CT molecular complexity index is 222. The minimum atomic E-state index is -3.66. The zero-order chi connectivity index (χ0) is 11.0. The highest BCUT2D eigenvalue weighted by Crippen LogP contribution is 2.00. The van der Waals surface area contributed by atoms with Gasteiger partial charge in [0.05, 0.1) is 12.4 Å². The van der Waals surface area contributed by atoms with Crippen LogP contribution in [0, 0.1) is 0 Å². The van der Waals surface area contributed by atoms with Crippen molar-refractivity contribution < 1.29 is 27.9 Å². The molecule has 0 spiro atoms. The van der Waals surface area contributed by atoms with E-state index in [1.807, 2.05) is 0 Å². The van der Waals surface area contributed by atoms with Crippen molar-refractivity contribution in [2.45, 2.75) is 25.6 Å². The van der Waals surface area contributed by atoms with Gasteiger partial charge >= 0.3 is 0 Å². The summed E-state index contributed by atoms with van der Waals surface area (Å²) in [4.78, 5) is 0. The van der Waals surface area contributed by atoms with E-state index in [-0.39, 0.29) is 19.6 Å². The predicted molar refractivity (Wildman–Crippen MR) is 48.9 cm³/mol. The van der Waals surface area contributed by atoms with Crippen LogP contribution in [-0.2, 0) is 14.3 Å². The van der Waals surface area contributed by atoms with Gasteiger partial charge in [-0.3, -0.25) is 4.18 Å². The van der Waals surface area contributed by atoms with Crippen LogP contribution in [-0.4, -0.2) is 49.0 Å². The van der Waals surface area contributed by atoms with E-state index in [2.05, 4.69) is 4.18 Å². The van der Waals surface area contributed by atoms with Crippen LogP contribution in [0.3, 0.4) is 0 Å². The van der Waals surface area contributed by atoms with Gasteiger partial charge in [0.1, 0.15) is 0 Å². The highest BCUT2D eigenvalue weighted by molar-refractivity contribution is 7.86. The SMILES string of the molecule is O=S(=O)(CCC(O)O)OCCCCO. The molecule has 7 heteroatoms. The van der Waals surface area contributed by atoms with E-state index in [4.69, 9.17) is 15.3 Å². The molecule has 0 saturated heterocycles. The molecule has 0 aliphatic rings. The third-order valence-electron chi connectivity index (χ3n) is 1.44. The Hall–Kier alpha value is -0.210. The fourth-order valence-corrected chi connectivity index (χ4v) is 1.70. The van der Waals surface area contributed by atoms with Crippen LogP contribution in [0.15, 0.2) is 0 Å². The Morgan fingerprint density at radius 2 is 1.86 bits per heavy atom. The lowest BCUT2D eigenvalue weighted by molar-refractivity contribution is -0.0410. The van der Waals surface area contributed by atoms with Crippen LogP contribution in [0.4, 0.5) is 0 Å². The normalized spacial score (nSPS) is 12.3. The summed E-state index contributed by atoms with van der Waals surface area (Å²) in [6.07, 6.45) is -0.955. The summed E-state index contributed by atoms with van der Waals surface area (Å²) in [6, 6.07) is 0. The van der Waals surface area contributed by atoms with Gasteiger partial charge < -0.3 is 15.3 Å². The predicted octanol–water partition coefficient (Wildman–Crippen LogP) is -1.19. The highest BCUT2D eigenvalue weighted by atomic mass is 32.2. The zero-order valence-corrected chi connectivity index (χ0v) is 8.61. The minimum Gasteiger partial charge on any atom is -0.396 e. The topological polar surface area (TPSA) is 104 Å². The van der Waals surface area contributed by atoms with Crippen LogP contribution >= 0.6 is 0 Å². The van der Waals surface area contributed by atoms with Crippen molar-refractivity contribution in [2.24, 2.45) is 0 Å². The minimum absolute atomic E-state index is 0.00123. The number of unbranched alkanes of at least 4 members (excludes halogenated alkanes) is 1. The standard InChI is InChI=1S/C7H16O6S/c8-4-1-2-5-13-14(11,12)6-3-7(9)10/h7-10H,1-6H2. The summed E-state index contributed by atoms with van der Waals surface area (Å²) in [7, 11) is -3.66. The van der Waals surface area contributed by atoms with Crippen molar-refractivity contribution in [1.29, 1.82) is 0 Å². The summed E-state index contributed by atoms with van der Waals surface area (Å²) < 4.78 is 26.5. The van der Waals surface area contributed by atoms with E-state index in [0.29, 0.717) is 12.8 Å². The van der Waals surface area contributed by atoms with E-state index in [0.717, 1.165) is 0 Å². The molecule has 0 bridgehead atoms. The quantitative estimate of drug-likeness (QED) is 0.274. The highest BCUT2D eigenvalue weighted by Gasteiger charge is 2.12. The Kier molecular flexibility index (Phi) is 7.02. The first-order chi connectivity index (χ1) is 6.48. The molecule has 0 unspecified atom stereocenters.